The van der Waals surface area contributed by atoms with Crippen LogP contribution in [0.5, 0.6) is 11.5 Å². The molecule has 2 atom stereocenters. The molecule has 0 aliphatic carbocycles. The van der Waals surface area contributed by atoms with Crippen LogP contribution in [0.15, 0.2) is 42.5 Å². The molecule has 0 bridgehead atoms. The molecule has 22 heavy (non-hydrogen) atoms. The first-order chi connectivity index (χ1) is 10.5. The number of ether oxygens (including phenoxy) is 2. The SMILES string of the molecule is COc1ccc(OC)c(C(C)NC(C)c2ccc(I)cc2)c1. The van der Waals surface area contributed by atoms with Crippen LogP contribution in [0.25, 0.3) is 0 Å². The van der Waals surface area contributed by atoms with Gasteiger partial charge in [-0.2, -0.15) is 0 Å². The summed E-state index contributed by atoms with van der Waals surface area (Å²) < 4.78 is 12.0. The molecule has 0 fully saturated rings. The summed E-state index contributed by atoms with van der Waals surface area (Å²) in [5.74, 6) is 1.71. The molecule has 118 valence electrons. The summed E-state index contributed by atoms with van der Waals surface area (Å²) in [6, 6.07) is 14.9. The Labute approximate surface area is 146 Å². The quantitative estimate of drug-likeness (QED) is 0.698. The molecule has 2 unspecified atom stereocenters. The van der Waals surface area contributed by atoms with Gasteiger partial charge >= 0.3 is 0 Å². The zero-order chi connectivity index (χ0) is 16.1. The molecule has 1 N–H and O–H groups in total. The molecule has 0 aliphatic rings. The van der Waals surface area contributed by atoms with E-state index in [1.807, 2.05) is 18.2 Å². The van der Waals surface area contributed by atoms with E-state index < -0.39 is 0 Å². The molecule has 0 aromatic heterocycles. The van der Waals surface area contributed by atoms with Crippen molar-refractivity contribution in [1.82, 2.24) is 5.32 Å². The maximum atomic E-state index is 5.47. The van der Waals surface area contributed by atoms with Crippen LogP contribution >= 0.6 is 22.6 Å². The van der Waals surface area contributed by atoms with Gasteiger partial charge in [-0.15, -0.1) is 0 Å². The molecular weight excluding hydrogens is 389 g/mol. The fraction of sp³-hybridized carbons (Fsp3) is 0.333. The Morgan fingerprint density at radius 1 is 0.909 bits per heavy atom. The average molecular weight is 411 g/mol. The van der Waals surface area contributed by atoms with Gasteiger partial charge in [0, 0.05) is 21.2 Å². The molecule has 0 heterocycles. The van der Waals surface area contributed by atoms with E-state index in [9.17, 15) is 0 Å². The number of benzene rings is 2. The van der Waals surface area contributed by atoms with E-state index in [0.717, 1.165) is 17.1 Å². The second-order valence-corrected chi connectivity index (χ2v) is 6.52. The molecular formula is C18H22INO2. The van der Waals surface area contributed by atoms with E-state index in [0.29, 0.717) is 0 Å². The van der Waals surface area contributed by atoms with Crippen molar-refractivity contribution in [3.63, 3.8) is 0 Å². The van der Waals surface area contributed by atoms with Crippen molar-refractivity contribution in [2.24, 2.45) is 0 Å². The lowest BCUT2D eigenvalue weighted by atomic mass is 10.0. The van der Waals surface area contributed by atoms with Gasteiger partial charge < -0.3 is 14.8 Å². The monoisotopic (exact) mass is 411 g/mol. The molecule has 3 nitrogen and oxygen atoms in total. The van der Waals surface area contributed by atoms with Crippen molar-refractivity contribution >= 4 is 22.6 Å². The number of nitrogens with one attached hydrogen (secondary N) is 1. The molecule has 4 heteroatoms. The second kappa shape index (κ2) is 7.83. The van der Waals surface area contributed by atoms with E-state index in [1.54, 1.807) is 14.2 Å². The van der Waals surface area contributed by atoms with Crippen LogP contribution in [-0.2, 0) is 0 Å². The number of rotatable bonds is 6. The van der Waals surface area contributed by atoms with Gasteiger partial charge in [-0.3, -0.25) is 0 Å². The zero-order valence-electron chi connectivity index (χ0n) is 13.4. The largest absolute Gasteiger partial charge is 0.497 e. The van der Waals surface area contributed by atoms with Crippen LogP contribution in [0.4, 0.5) is 0 Å². The Balaban J connectivity index is 2.17. The Hall–Kier alpha value is -1.27. The predicted octanol–water partition coefficient (Wildman–Crippen LogP) is 4.72. The first-order valence-electron chi connectivity index (χ1n) is 7.28. The van der Waals surface area contributed by atoms with Crippen LogP contribution in [0.2, 0.25) is 0 Å². The van der Waals surface area contributed by atoms with Gasteiger partial charge in [-0.25, -0.2) is 0 Å². The average Bonchev–Trinajstić information content (AvgIpc) is 2.54. The van der Waals surface area contributed by atoms with Gasteiger partial charge in [-0.1, -0.05) is 12.1 Å². The minimum Gasteiger partial charge on any atom is -0.497 e. The Bertz CT molecular complexity index is 613. The molecule has 0 saturated carbocycles. The van der Waals surface area contributed by atoms with Crippen LogP contribution < -0.4 is 14.8 Å². The van der Waals surface area contributed by atoms with Gasteiger partial charge in [0.15, 0.2) is 0 Å². The molecule has 0 saturated heterocycles. The molecule has 2 aromatic rings. The van der Waals surface area contributed by atoms with Crippen LogP contribution in [0, 0.1) is 3.57 Å². The molecule has 0 aliphatic heterocycles. The Morgan fingerprint density at radius 2 is 1.59 bits per heavy atom. The maximum absolute atomic E-state index is 5.47. The summed E-state index contributed by atoms with van der Waals surface area (Å²) >= 11 is 2.32. The van der Waals surface area contributed by atoms with E-state index in [-0.39, 0.29) is 12.1 Å². The lowest BCUT2D eigenvalue weighted by Crippen LogP contribution is -2.23. The topological polar surface area (TPSA) is 30.5 Å². The van der Waals surface area contributed by atoms with Gasteiger partial charge in [0.25, 0.3) is 0 Å². The van der Waals surface area contributed by atoms with E-state index in [2.05, 4.69) is 66.0 Å². The van der Waals surface area contributed by atoms with Gasteiger partial charge in [0.1, 0.15) is 11.5 Å². The molecule has 0 amide bonds. The van der Waals surface area contributed by atoms with Crippen molar-refractivity contribution in [1.29, 1.82) is 0 Å². The Kier molecular flexibility index (Phi) is 6.08. The minimum absolute atomic E-state index is 0.152. The van der Waals surface area contributed by atoms with Crippen molar-refractivity contribution in [3.05, 3.63) is 57.2 Å². The zero-order valence-corrected chi connectivity index (χ0v) is 15.5. The van der Waals surface area contributed by atoms with Crippen molar-refractivity contribution in [2.45, 2.75) is 25.9 Å². The standard InChI is InChI=1S/C18H22INO2/c1-12(14-5-7-15(19)8-6-14)20-13(2)17-11-16(21-3)9-10-18(17)22-4/h5-13,20H,1-4H3. The van der Waals surface area contributed by atoms with Gasteiger partial charge in [-0.05, 0) is 72.3 Å². The highest BCUT2D eigenvalue weighted by molar-refractivity contribution is 14.1. The van der Waals surface area contributed by atoms with E-state index in [4.69, 9.17) is 9.47 Å². The molecule has 2 rings (SSSR count). The maximum Gasteiger partial charge on any atom is 0.123 e. The van der Waals surface area contributed by atoms with Gasteiger partial charge in [0.2, 0.25) is 0 Å². The predicted molar refractivity (Wildman–Crippen MR) is 98.7 cm³/mol. The summed E-state index contributed by atoms with van der Waals surface area (Å²) in [5.41, 5.74) is 2.37. The highest BCUT2D eigenvalue weighted by Crippen LogP contribution is 2.30. The van der Waals surface area contributed by atoms with Gasteiger partial charge in [0.05, 0.1) is 14.2 Å². The molecule has 0 spiro atoms. The first-order valence-corrected chi connectivity index (χ1v) is 8.36. The summed E-state index contributed by atoms with van der Waals surface area (Å²) in [4.78, 5) is 0. The van der Waals surface area contributed by atoms with E-state index >= 15 is 0 Å². The third-order valence-corrected chi connectivity index (χ3v) is 4.49. The molecule has 0 radical (unpaired) electrons. The van der Waals surface area contributed by atoms with Crippen molar-refractivity contribution in [3.8, 4) is 11.5 Å². The third-order valence-electron chi connectivity index (χ3n) is 3.77. The fourth-order valence-corrected chi connectivity index (χ4v) is 2.85. The number of hydrogen-bond acceptors (Lipinski definition) is 3. The van der Waals surface area contributed by atoms with Crippen LogP contribution in [-0.4, -0.2) is 14.2 Å². The number of methoxy groups -OCH3 is 2. The summed E-state index contributed by atoms with van der Waals surface area (Å²) in [7, 11) is 3.37. The number of hydrogen-bond donors (Lipinski definition) is 1. The van der Waals surface area contributed by atoms with E-state index in [1.165, 1.54) is 9.13 Å². The normalized spacial score (nSPS) is 13.5. The van der Waals surface area contributed by atoms with Crippen molar-refractivity contribution < 1.29 is 9.47 Å². The molecule has 2 aromatic carbocycles. The lowest BCUT2D eigenvalue weighted by Gasteiger charge is -2.23. The van der Waals surface area contributed by atoms with Crippen LogP contribution in [0.3, 0.4) is 0 Å². The first kappa shape index (κ1) is 17.1. The minimum atomic E-state index is 0.152. The number of halogens is 1. The second-order valence-electron chi connectivity index (χ2n) is 5.27. The lowest BCUT2D eigenvalue weighted by molar-refractivity contribution is 0.387. The summed E-state index contributed by atoms with van der Waals surface area (Å²) in [5, 5.41) is 3.62. The smallest absolute Gasteiger partial charge is 0.123 e. The fourth-order valence-electron chi connectivity index (χ4n) is 2.49. The highest BCUT2D eigenvalue weighted by atomic mass is 127. The Morgan fingerprint density at radius 3 is 2.18 bits per heavy atom. The third kappa shape index (κ3) is 4.14. The summed E-state index contributed by atoms with van der Waals surface area (Å²) in [6.45, 7) is 4.31. The van der Waals surface area contributed by atoms with Crippen molar-refractivity contribution in [2.75, 3.05) is 14.2 Å². The summed E-state index contributed by atoms with van der Waals surface area (Å²) in [6.07, 6.45) is 0. The highest BCUT2D eigenvalue weighted by Gasteiger charge is 2.15. The van der Waals surface area contributed by atoms with Crippen LogP contribution in [0.1, 0.15) is 37.1 Å².